The van der Waals surface area contributed by atoms with Crippen LogP contribution in [-0.2, 0) is 4.79 Å². The predicted molar refractivity (Wildman–Crippen MR) is 77.9 cm³/mol. The van der Waals surface area contributed by atoms with Crippen LogP contribution in [0.4, 0.5) is 10.1 Å². The van der Waals surface area contributed by atoms with E-state index >= 15 is 0 Å². The Bertz CT molecular complexity index is 656. The van der Waals surface area contributed by atoms with E-state index in [0.717, 1.165) is 0 Å². The van der Waals surface area contributed by atoms with E-state index in [1.54, 1.807) is 24.3 Å². The van der Waals surface area contributed by atoms with Crippen molar-refractivity contribution in [2.24, 2.45) is 0 Å². The molecule has 2 rings (SSSR count). The lowest BCUT2D eigenvalue weighted by Gasteiger charge is -2.15. The number of rotatable bonds is 4. The Morgan fingerprint density at radius 2 is 1.95 bits per heavy atom. The smallest absolute Gasteiger partial charge is 0.221 e. The van der Waals surface area contributed by atoms with Crippen molar-refractivity contribution in [3.05, 3.63) is 53.8 Å². The zero-order valence-corrected chi connectivity index (χ0v) is 11.8. The first-order valence-corrected chi connectivity index (χ1v) is 6.49. The lowest BCUT2D eigenvalue weighted by molar-refractivity contribution is -0.114. The number of hydrogen-bond donors (Lipinski definition) is 2. The van der Waals surface area contributed by atoms with Gasteiger partial charge in [0.2, 0.25) is 5.91 Å². The Morgan fingerprint density at radius 1 is 1.24 bits per heavy atom. The van der Waals surface area contributed by atoms with Crippen LogP contribution in [0.2, 0.25) is 0 Å². The molecule has 0 spiro atoms. The minimum Gasteiger partial charge on any atom is -0.455 e. The first-order valence-electron chi connectivity index (χ1n) is 6.49. The molecule has 0 saturated heterocycles. The highest BCUT2D eigenvalue weighted by Crippen LogP contribution is 2.34. The maximum Gasteiger partial charge on any atom is 0.221 e. The zero-order valence-electron chi connectivity index (χ0n) is 11.8. The number of nitrogens with one attached hydrogen (secondary N) is 1. The Kier molecular flexibility index (Phi) is 4.55. The van der Waals surface area contributed by atoms with Gasteiger partial charge < -0.3 is 15.2 Å². The summed E-state index contributed by atoms with van der Waals surface area (Å²) in [5, 5.41) is 12.4. The molecule has 0 aliphatic heterocycles. The molecular formula is C16H16FNO3. The maximum absolute atomic E-state index is 13.3. The number of aliphatic hydroxyl groups excluding tert-OH is 1. The predicted octanol–water partition coefficient (Wildman–Crippen LogP) is 3.63. The van der Waals surface area contributed by atoms with Crippen molar-refractivity contribution in [1.29, 1.82) is 0 Å². The van der Waals surface area contributed by atoms with Crippen LogP contribution >= 0.6 is 0 Å². The van der Waals surface area contributed by atoms with Gasteiger partial charge in [0.25, 0.3) is 0 Å². The fraction of sp³-hybridized carbons (Fsp3) is 0.188. The summed E-state index contributed by atoms with van der Waals surface area (Å²) in [5.74, 6) is 0.0831. The van der Waals surface area contributed by atoms with Crippen LogP contribution in [0.5, 0.6) is 11.5 Å². The van der Waals surface area contributed by atoms with Gasteiger partial charge in [0.1, 0.15) is 11.6 Å². The number of halogens is 1. The molecule has 0 bridgehead atoms. The maximum atomic E-state index is 13.3. The van der Waals surface area contributed by atoms with Gasteiger partial charge in [-0.2, -0.15) is 0 Å². The largest absolute Gasteiger partial charge is 0.455 e. The molecule has 0 unspecified atom stereocenters. The van der Waals surface area contributed by atoms with Gasteiger partial charge in [-0.3, -0.25) is 4.79 Å². The lowest BCUT2D eigenvalue weighted by Crippen LogP contribution is -2.07. The minimum absolute atomic E-state index is 0.221. The van der Waals surface area contributed by atoms with Crippen molar-refractivity contribution in [1.82, 2.24) is 0 Å². The highest BCUT2D eigenvalue weighted by Gasteiger charge is 2.13. The highest BCUT2D eigenvalue weighted by atomic mass is 19.1. The summed E-state index contributed by atoms with van der Waals surface area (Å²) in [7, 11) is 0. The first kappa shape index (κ1) is 15.0. The number of carbonyl (C=O) groups excluding carboxylic acids is 1. The van der Waals surface area contributed by atoms with Gasteiger partial charge in [-0.1, -0.05) is 12.1 Å². The summed E-state index contributed by atoms with van der Waals surface area (Å²) in [5.41, 5.74) is 0.846. The number of para-hydroxylation sites is 2. The van der Waals surface area contributed by atoms with Crippen LogP contribution in [0.3, 0.4) is 0 Å². The number of anilines is 1. The Labute approximate surface area is 122 Å². The van der Waals surface area contributed by atoms with Crippen LogP contribution in [-0.4, -0.2) is 11.0 Å². The van der Waals surface area contributed by atoms with Crippen molar-refractivity contribution in [3.8, 4) is 11.5 Å². The fourth-order valence-corrected chi connectivity index (χ4v) is 1.91. The van der Waals surface area contributed by atoms with Crippen molar-refractivity contribution in [2.75, 3.05) is 5.32 Å². The van der Waals surface area contributed by atoms with Crippen molar-refractivity contribution < 1.29 is 19.0 Å². The topological polar surface area (TPSA) is 58.6 Å². The van der Waals surface area contributed by atoms with Crippen LogP contribution in [0.1, 0.15) is 25.5 Å². The summed E-state index contributed by atoms with van der Waals surface area (Å²) >= 11 is 0. The standard InChI is InChI=1S/C16H16FNO3/c1-10(19)13-9-12(17)7-8-15(13)21-16-6-4-3-5-14(16)18-11(2)20/h3-10,19H,1-2H3,(H,18,20)/t10-/m0/s1. The summed E-state index contributed by atoms with van der Waals surface area (Å²) in [6.07, 6.45) is -0.872. The van der Waals surface area contributed by atoms with Crippen molar-refractivity contribution >= 4 is 11.6 Å². The van der Waals surface area contributed by atoms with Gasteiger partial charge in [0.15, 0.2) is 5.75 Å². The quantitative estimate of drug-likeness (QED) is 0.903. The Morgan fingerprint density at radius 3 is 2.62 bits per heavy atom. The molecule has 21 heavy (non-hydrogen) atoms. The number of carbonyl (C=O) groups is 1. The number of ether oxygens (including phenoxy) is 1. The normalized spacial score (nSPS) is 11.8. The zero-order chi connectivity index (χ0) is 15.4. The number of amides is 1. The summed E-state index contributed by atoms with van der Waals surface area (Å²) in [6, 6.07) is 10.8. The van der Waals surface area contributed by atoms with Gasteiger partial charge >= 0.3 is 0 Å². The van der Waals surface area contributed by atoms with Crippen LogP contribution in [0.15, 0.2) is 42.5 Å². The van der Waals surface area contributed by atoms with E-state index in [1.807, 2.05) is 0 Å². The summed E-state index contributed by atoms with van der Waals surface area (Å²) < 4.78 is 19.0. The van der Waals surface area contributed by atoms with E-state index in [1.165, 1.54) is 32.0 Å². The average Bonchev–Trinajstić information content (AvgIpc) is 2.42. The molecule has 2 aromatic carbocycles. The van der Waals surface area contributed by atoms with Gasteiger partial charge in [-0.15, -0.1) is 0 Å². The van der Waals surface area contributed by atoms with Crippen LogP contribution < -0.4 is 10.1 Å². The molecule has 0 heterocycles. The number of benzene rings is 2. The second-order valence-electron chi connectivity index (χ2n) is 4.64. The van der Waals surface area contributed by atoms with Gasteiger partial charge in [0, 0.05) is 12.5 Å². The molecule has 1 atom stereocenters. The Hall–Kier alpha value is -2.40. The van der Waals surface area contributed by atoms with Crippen molar-refractivity contribution in [2.45, 2.75) is 20.0 Å². The molecule has 0 fully saturated rings. The molecule has 0 saturated carbocycles. The monoisotopic (exact) mass is 289 g/mol. The molecular weight excluding hydrogens is 273 g/mol. The molecule has 1 amide bonds. The second kappa shape index (κ2) is 6.37. The average molecular weight is 289 g/mol. The second-order valence-corrected chi connectivity index (χ2v) is 4.64. The summed E-state index contributed by atoms with van der Waals surface area (Å²) in [6.45, 7) is 2.93. The molecule has 0 aliphatic rings. The third-order valence-electron chi connectivity index (χ3n) is 2.84. The highest BCUT2D eigenvalue weighted by molar-refractivity contribution is 5.90. The molecule has 2 N–H and O–H groups in total. The summed E-state index contributed by atoms with van der Waals surface area (Å²) in [4.78, 5) is 11.2. The molecule has 110 valence electrons. The third kappa shape index (κ3) is 3.79. The molecule has 2 aromatic rings. The van der Waals surface area contributed by atoms with Gasteiger partial charge in [-0.05, 0) is 37.3 Å². The van der Waals surface area contributed by atoms with Crippen LogP contribution in [0, 0.1) is 5.82 Å². The SMILES string of the molecule is CC(=O)Nc1ccccc1Oc1ccc(F)cc1[C@H](C)O. The number of aliphatic hydroxyl groups is 1. The van der Waals surface area contributed by atoms with E-state index in [-0.39, 0.29) is 5.91 Å². The van der Waals surface area contributed by atoms with Gasteiger partial charge in [-0.25, -0.2) is 4.39 Å². The van der Waals surface area contributed by atoms with E-state index in [2.05, 4.69) is 5.32 Å². The van der Waals surface area contributed by atoms with E-state index in [0.29, 0.717) is 22.7 Å². The molecule has 0 radical (unpaired) electrons. The molecule has 4 nitrogen and oxygen atoms in total. The van der Waals surface area contributed by atoms with E-state index < -0.39 is 11.9 Å². The Balaban J connectivity index is 2.36. The first-order chi connectivity index (χ1) is 9.97. The van der Waals surface area contributed by atoms with E-state index in [4.69, 9.17) is 4.74 Å². The minimum atomic E-state index is -0.872. The van der Waals surface area contributed by atoms with E-state index in [9.17, 15) is 14.3 Å². The molecule has 0 aromatic heterocycles. The fourth-order valence-electron chi connectivity index (χ4n) is 1.91. The third-order valence-corrected chi connectivity index (χ3v) is 2.84. The van der Waals surface area contributed by atoms with Crippen LogP contribution in [0.25, 0.3) is 0 Å². The van der Waals surface area contributed by atoms with Gasteiger partial charge in [0.05, 0.1) is 11.8 Å². The molecule has 0 aliphatic carbocycles. The number of hydrogen-bond acceptors (Lipinski definition) is 3. The van der Waals surface area contributed by atoms with Crippen molar-refractivity contribution in [3.63, 3.8) is 0 Å². The molecule has 5 heteroatoms. The lowest BCUT2D eigenvalue weighted by atomic mass is 10.1.